The summed E-state index contributed by atoms with van der Waals surface area (Å²) in [7, 11) is 1.55. The van der Waals surface area contributed by atoms with E-state index in [0.29, 0.717) is 17.3 Å². The van der Waals surface area contributed by atoms with Crippen molar-refractivity contribution in [3.8, 4) is 5.75 Å². The van der Waals surface area contributed by atoms with Crippen molar-refractivity contribution in [3.05, 3.63) is 28.8 Å². The van der Waals surface area contributed by atoms with Crippen LogP contribution in [-0.4, -0.2) is 18.8 Å². The van der Waals surface area contributed by atoms with Crippen molar-refractivity contribution >= 4 is 23.3 Å². The lowest BCUT2D eigenvalue weighted by Gasteiger charge is -2.07. The highest BCUT2D eigenvalue weighted by molar-refractivity contribution is 6.32. The summed E-state index contributed by atoms with van der Waals surface area (Å²) >= 11 is 5.97. The van der Waals surface area contributed by atoms with Gasteiger partial charge in [0.25, 0.3) is 0 Å². The summed E-state index contributed by atoms with van der Waals surface area (Å²) in [5.74, 6) is 0.470. The van der Waals surface area contributed by atoms with Crippen molar-refractivity contribution < 1.29 is 14.3 Å². The molecule has 98 valence electrons. The van der Waals surface area contributed by atoms with Gasteiger partial charge in [0.1, 0.15) is 11.5 Å². The molecule has 1 aromatic carbocycles. The summed E-state index contributed by atoms with van der Waals surface area (Å²) in [4.78, 5) is 22.1. The van der Waals surface area contributed by atoms with E-state index in [1.54, 1.807) is 19.2 Å². The van der Waals surface area contributed by atoms with Crippen molar-refractivity contribution in [2.45, 2.75) is 26.3 Å². The zero-order valence-corrected chi connectivity index (χ0v) is 11.2. The average Bonchev–Trinajstić information content (AvgIpc) is 2.34. The molecule has 0 aliphatic heterocycles. The largest absolute Gasteiger partial charge is 0.495 e. The quantitative estimate of drug-likeness (QED) is 0.862. The molecule has 0 heterocycles. The van der Waals surface area contributed by atoms with Gasteiger partial charge in [0, 0.05) is 19.4 Å². The van der Waals surface area contributed by atoms with Crippen molar-refractivity contribution in [1.29, 1.82) is 0 Å². The fourth-order valence-electron chi connectivity index (χ4n) is 1.40. The lowest BCUT2D eigenvalue weighted by atomic mass is 10.2. The molecular formula is C13H16ClNO3. The van der Waals surface area contributed by atoms with Gasteiger partial charge in [0.15, 0.2) is 0 Å². The second-order valence-electron chi connectivity index (χ2n) is 3.95. The van der Waals surface area contributed by atoms with Crippen LogP contribution in [0, 0.1) is 0 Å². The second kappa shape index (κ2) is 7.01. The minimum Gasteiger partial charge on any atom is -0.495 e. The van der Waals surface area contributed by atoms with Crippen molar-refractivity contribution in [1.82, 2.24) is 5.32 Å². The Balaban J connectivity index is 2.46. The Labute approximate surface area is 111 Å². The SMILES string of the molecule is COc1ccc(CNC(=O)CCC(C)=O)cc1Cl. The van der Waals surface area contributed by atoms with Crippen molar-refractivity contribution in [2.75, 3.05) is 7.11 Å². The number of hydrogen-bond donors (Lipinski definition) is 1. The van der Waals surface area contributed by atoms with E-state index >= 15 is 0 Å². The minimum atomic E-state index is -0.142. The number of hydrogen-bond acceptors (Lipinski definition) is 3. The third-order valence-corrected chi connectivity index (χ3v) is 2.71. The van der Waals surface area contributed by atoms with Gasteiger partial charge in [0.2, 0.25) is 5.91 Å². The summed E-state index contributed by atoms with van der Waals surface area (Å²) in [5, 5.41) is 3.24. The zero-order chi connectivity index (χ0) is 13.5. The number of halogens is 1. The van der Waals surface area contributed by atoms with Gasteiger partial charge in [-0.05, 0) is 24.6 Å². The van der Waals surface area contributed by atoms with E-state index < -0.39 is 0 Å². The van der Waals surface area contributed by atoms with Crippen molar-refractivity contribution in [3.63, 3.8) is 0 Å². The van der Waals surface area contributed by atoms with E-state index in [4.69, 9.17) is 16.3 Å². The Morgan fingerprint density at radius 1 is 1.33 bits per heavy atom. The first kappa shape index (κ1) is 14.5. The van der Waals surface area contributed by atoms with Crippen LogP contribution in [0.1, 0.15) is 25.3 Å². The maximum atomic E-state index is 11.4. The van der Waals surface area contributed by atoms with Crippen LogP contribution in [0.25, 0.3) is 0 Å². The van der Waals surface area contributed by atoms with Crippen LogP contribution >= 0.6 is 11.6 Å². The number of amides is 1. The van der Waals surface area contributed by atoms with Gasteiger partial charge in [-0.3, -0.25) is 4.79 Å². The maximum Gasteiger partial charge on any atom is 0.220 e. The Bertz CT molecular complexity index is 446. The molecule has 1 aromatic rings. The Morgan fingerprint density at radius 3 is 2.61 bits per heavy atom. The molecule has 0 fully saturated rings. The number of benzene rings is 1. The molecule has 0 bridgehead atoms. The highest BCUT2D eigenvalue weighted by Gasteiger charge is 2.05. The predicted molar refractivity (Wildman–Crippen MR) is 69.8 cm³/mol. The number of carbonyl (C=O) groups excluding carboxylic acids is 2. The normalized spacial score (nSPS) is 9.94. The lowest BCUT2D eigenvalue weighted by Crippen LogP contribution is -2.22. The Kier molecular flexibility index (Phi) is 5.65. The first-order chi connectivity index (χ1) is 8.52. The molecular weight excluding hydrogens is 254 g/mol. The van der Waals surface area contributed by atoms with Crippen LogP contribution in [-0.2, 0) is 16.1 Å². The van der Waals surface area contributed by atoms with Crippen LogP contribution in [0.3, 0.4) is 0 Å². The highest BCUT2D eigenvalue weighted by atomic mass is 35.5. The van der Waals surface area contributed by atoms with Crippen LogP contribution < -0.4 is 10.1 Å². The molecule has 0 unspecified atom stereocenters. The predicted octanol–water partition coefficient (Wildman–Crippen LogP) is 2.33. The molecule has 4 nitrogen and oxygen atoms in total. The third-order valence-electron chi connectivity index (χ3n) is 2.41. The van der Waals surface area contributed by atoms with E-state index in [0.717, 1.165) is 5.56 Å². The molecule has 0 saturated carbocycles. The molecule has 1 rings (SSSR count). The van der Waals surface area contributed by atoms with E-state index in [-0.39, 0.29) is 24.5 Å². The number of ether oxygens (including phenoxy) is 1. The molecule has 0 atom stereocenters. The number of carbonyl (C=O) groups is 2. The average molecular weight is 270 g/mol. The summed E-state index contributed by atoms with van der Waals surface area (Å²) in [6, 6.07) is 5.32. The van der Waals surface area contributed by atoms with E-state index in [1.165, 1.54) is 6.92 Å². The van der Waals surface area contributed by atoms with Gasteiger partial charge in [-0.2, -0.15) is 0 Å². The van der Waals surface area contributed by atoms with E-state index in [2.05, 4.69) is 5.32 Å². The number of Topliss-reactive ketones (excluding diaryl/α,β-unsaturated/α-hetero) is 1. The van der Waals surface area contributed by atoms with Gasteiger partial charge >= 0.3 is 0 Å². The maximum absolute atomic E-state index is 11.4. The number of nitrogens with one attached hydrogen (secondary N) is 1. The molecule has 1 amide bonds. The summed E-state index contributed by atoms with van der Waals surface area (Å²) in [6.07, 6.45) is 0.494. The molecule has 5 heteroatoms. The summed E-state index contributed by atoms with van der Waals surface area (Å²) in [6.45, 7) is 1.86. The first-order valence-electron chi connectivity index (χ1n) is 5.61. The molecule has 0 saturated heterocycles. The van der Waals surface area contributed by atoms with Crippen molar-refractivity contribution in [2.24, 2.45) is 0 Å². The smallest absolute Gasteiger partial charge is 0.220 e. The topological polar surface area (TPSA) is 55.4 Å². The first-order valence-corrected chi connectivity index (χ1v) is 5.99. The third kappa shape index (κ3) is 4.75. The molecule has 1 N–H and O–H groups in total. The van der Waals surface area contributed by atoms with Gasteiger partial charge in [-0.1, -0.05) is 17.7 Å². The Morgan fingerprint density at radius 2 is 2.06 bits per heavy atom. The van der Waals surface area contributed by atoms with Crippen LogP contribution in [0.15, 0.2) is 18.2 Å². The van der Waals surface area contributed by atoms with Crippen LogP contribution in [0.4, 0.5) is 0 Å². The van der Waals surface area contributed by atoms with Gasteiger partial charge in [0.05, 0.1) is 12.1 Å². The van der Waals surface area contributed by atoms with Gasteiger partial charge in [-0.25, -0.2) is 0 Å². The molecule has 18 heavy (non-hydrogen) atoms. The van der Waals surface area contributed by atoms with E-state index in [9.17, 15) is 9.59 Å². The van der Waals surface area contributed by atoms with Gasteiger partial charge < -0.3 is 14.8 Å². The molecule has 0 spiro atoms. The second-order valence-corrected chi connectivity index (χ2v) is 4.35. The molecule has 0 radical (unpaired) electrons. The molecule has 0 aliphatic rings. The monoisotopic (exact) mass is 269 g/mol. The highest BCUT2D eigenvalue weighted by Crippen LogP contribution is 2.24. The Hall–Kier alpha value is -1.55. The standard InChI is InChI=1S/C13H16ClNO3/c1-9(16)3-6-13(17)15-8-10-4-5-12(18-2)11(14)7-10/h4-5,7H,3,6,8H2,1-2H3,(H,15,17). The summed E-state index contributed by atoms with van der Waals surface area (Å²) in [5.41, 5.74) is 0.886. The molecule has 0 aromatic heterocycles. The summed E-state index contributed by atoms with van der Waals surface area (Å²) < 4.78 is 5.03. The van der Waals surface area contributed by atoms with Crippen LogP contribution in [0.5, 0.6) is 5.75 Å². The van der Waals surface area contributed by atoms with Gasteiger partial charge in [-0.15, -0.1) is 0 Å². The fraction of sp³-hybridized carbons (Fsp3) is 0.385. The molecule has 0 aliphatic carbocycles. The number of methoxy groups -OCH3 is 1. The number of rotatable bonds is 6. The minimum absolute atomic E-state index is 0.0117. The number of ketones is 1. The zero-order valence-electron chi connectivity index (χ0n) is 10.5. The lowest BCUT2D eigenvalue weighted by molar-refractivity contribution is -0.124. The van der Waals surface area contributed by atoms with E-state index in [1.807, 2.05) is 6.07 Å². The fourth-order valence-corrected chi connectivity index (χ4v) is 1.68. The van der Waals surface area contributed by atoms with Crippen LogP contribution in [0.2, 0.25) is 5.02 Å².